The van der Waals surface area contributed by atoms with Gasteiger partial charge in [-0.15, -0.1) is 0 Å². The molecule has 0 radical (unpaired) electrons. The highest BCUT2D eigenvalue weighted by molar-refractivity contribution is 5.68. The zero-order valence-corrected chi connectivity index (χ0v) is 15.5. The van der Waals surface area contributed by atoms with Crippen LogP contribution in [0.5, 0.6) is 11.9 Å². The maximum absolute atomic E-state index is 10.8. The number of carbonyl (C=O) groups excluding carboxylic acids is 1. The first-order valence-electron chi connectivity index (χ1n) is 8.35. The van der Waals surface area contributed by atoms with Crippen molar-refractivity contribution in [1.82, 2.24) is 15.0 Å². The summed E-state index contributed by atoms with van der Waals surface area (Å²) in [5, 5.41) is 0. The predicted molar refractivity (Wildman–Crippen MR) is 97.8 cm³/mol. The lowest BCUT2D eigenvalue weighted by Gasteiger charge is -2.26. The molecule has 0 aliphatic heterocycles. The number of primary amides is 1. The van der Waals surface area contributed by atoms with Crippen LogP contribution < -0.4 is 20.9 Å². The van der Waals surface area contributed by atoms with Crippen molar-refractivity contribution in [1.29, 1.82) is 0 Å². The van der Waals surface area contributed by atoms with Gasteiger partial charge in [0, 0.05) is 29.6 Å². The van der Waals surface area contributed by atoms with Gasteiger partial charge in [-0.1, -0.05) is 13.8 Å². The minimum Gasteiger partial charge on any atom is -0.476 e. The van der Waals surface area contributed by atoms with Crippen molar-refractivity contribution in [2.24, 2.45) is 17.4 Å². The number of aromatic nitrogens is 3. The lowest BCUT2D eigenvalue weighted by atomic mass is 9.93. The molecule has 2 heterocycles. The molecule has 8 heteroatoms. The van der Waals surface area contributed by atoms with E-state index in [1.165, 1.54) is 6.20 Å². The van der Waals surface area contributed by atoms with Gasteiger partial charge in [-0.3, -0.25) is 0 Å². The molecule has 140 valence electrons. The first-order valence-corrected chi connectivity index (χ1v) is 8.35. The molecule has 2 rings (SSSR count). The minimum absolute atomic E-state index is 0.109. The Kier molecular flexibility index (Phi) is 6.10. The Morgan fingerprint density at radius 3 is 2.69 bits per heavy atom. The topological polar surface area (TPSA) is 126 Å². The molecule has 1 amide bonds. The van der Waals surface area contributed by atoms with Gasteiger partial charge in [-0.05, 0) is 37.8 Å². The highest BCUT2D eigenvalue weighted by Crippen LogP contribution is 2.25. The van der Waals surface area contributed by atoms with Crippen LogP contribution in [0.25, 0.3) is 11.3 Å². The molecule has 4 N–H and O–H groups in total. The maximum Gasteiger partial charge on any atom is 0.412 e. The lowest BCUT2D eigenvalue weighted by molar-refractivity contribution is 0.200. The molecule has 1 unspecified atom stereocenters. The summed E-state index contributed by atoms with van der Waals surface area (Å²) < 4.78 is 10.5. The van der Waals surface area contributed by atoms with Crippen LogP contribution in [0.1, 0.15) is 32.8 Å². The van der Waals surface area contributed by atoms with Crippen LogP contribution in [0, 0.1) is 12.8 Å². The van der Waals surface area contributed by atoms with Crippen molar-refractivity contribution < 1.29 is 14.3 Å². The van der Waals surface area contributed by atoms with Gasteiger partial charge in [0.15, 0.2) is 0 Å². The van der Waals surface area contributed by atoms with Gasteiger partial charge in [0.1, 0.15) is 6.61 Å². The maximum atomic E-state index is 10.8. The average Bonchev–Trinajstić information content (AvgIpc) is 2.51. The lowest BCUT2D eigenvalue weighted by Crippen LogP contribution is -2.43. The Bertz CT molecular complexity index is 777. The Morgan fingerprint density at radius 2 is 2.08 bits per heavy atom. The molecule has 8 nitrogen and oxygen atoms in total. The second-order valence-electron chi connectivity index (χ2n) is 7.02. The van der Waals surface area contributed by atoms with E-state index in [1.54, 1.807) is 12.3 Å². The fraction of sp³-hybridized carbons (Fsp3) is 0.444. The van der Waals surface area contributed by atoms with Crippen LogP contribution in [0.15, 0.2) is 24.5 Å². The summed E-state index contributed by atoms with van der Waals surface area (Å²) in [7, 11) is 0. The van der Waals surface area contributed by atoms with Crippen LogP contribution in [-0.2, 0) is 0 Å². The molecule has 0 saturated heterocycles. The molecule has 1 atom stereocenters. The first-order chi connectivity index (χ1) is 12.2. The summed E-state index contributed by atoms with van der Waals surface area (Å²) in [5.41, 5.74) is 13.1. The highest BCUT2D eigenvalue weighted by atomic mass is 16.6. The Balaban J connectivity index is 2.13. The standard InChI is InChI=1S/C18H25N5O3/c1-11(2)8-18(4,20)10-25-15-7-12(3)13(9-22-15)14-5-6-21-17(23-14)26-16(19)24/h5-7,9,11H,8,10,20H2,1-4H3,(H2,19,24). The summed E-state index contributed by atoms with van der Waals surface area (Å²) in [6.07, 6.45) is 3.02. The first kappa shape index (κ1) is 19.6. The number of nitrogens with two attached hydrogens (primary N) is 2. The van der Waals surface area contributed by atoms with Gasteiger partial charge in [-0.2, -0.15) is 4.98 Å². The van der Waals surface area contributed by atoms with E-state index in [1.807, 2.05) is 19.9 Å². The smallest absolute Gasteiger partial charge is 0.412 e. The molecule has 0 bridgehead atoms. The second-order valence-corrected chi connectivity index (χ2v) is 7.02. The largest absolute Gasteiger partial charge is 0.476 e. The zero-order valence-electron chi connectivity index (χ0n) is 15.5. The second kappa shape index (κ2) is 8.09. The van der Waals surface area contributed by atoms with E-state index in [9.17, 15) is 4.79 Å². The third kappa shape index (κ3) is 5.66. The molecule has 0 spiro atoms. The van der Waals surface area contributed by atoms with E-state index in [2.05, 4.69) is 28.8 Å². The van der Waals surface area contributed by atoms with Crippen LogP contribution in [-0.4, -0.2) is 33.2 Å². The van der Waals surface area contributed by atoms with Gasteiger partial charge in [-0.25, -0.2) is 14.8 Å². The summed E-state index contributed by atoms with van der Waals surface area (Å²) in [6, 6.07) is 3.40. The van der Waals surface area contributed by atoms with E-state index >= 15 is 0 Å². The fourth-order valence-electron chi connectivity index (χ4n) is 2.74. The molecular formula is C18H25N5O3. The van der Waals surface area contributed by atoms with E-state index in [-0.39, 0.29) is 6.01 Å². The number of nitrogens with zero attached hydrogens (tertiary/aromatic N) is 3. The van der Waals surface area contributed by atoms with E-state index in [4.69, 9.17) is 20.9 Å². The normalized spacial score (nSPS) is 13.3. The third-order valence-corrected chi connectivity index (χ3v) is 3.61. The van der Waals surface area contributed by atoms with Crippen molar-refractivity contribution in [3.05, 3.63) is 30.1 Å². The van der Waals surface area contributed by atoms with Crippen molar-refractivity contribution in [3.8, 4) is 23.1 Å². The summed E-state index contributed by atoms with van der Waals surface area (Å²) >= 11 is 0. The van der Waals surface area contributed by atoms with Gasteiger partial charge >= 0.3 is 12.1 Å². The van der Waals surface area contributed by atoms with E-state index in [0.717, 1.165) is 17.5 Å². The highest BCUT2D eigenvalue weighted by Gasteiger charge is 2.21. The summed E-state index contributed by atoms with van der Waals surface area (Å²) in [6.45, 7) is 8.51. The molecule has 0 saturated carbocycles. The number of hydrogen-bond donors (Lipinski definition) is 2. The van der Waals surface area contributed by atoms with Gasteiger partial charge in [0.05, 0.1) is 5.69 Å². The quantitative estimate of drug-likeness (QED) is 0.777. The predicted octanol–water partition coefficient (Wildman–Crippen LogP) is 2.45. The molecule has 26 heavy (non-hydrogen) atoms. The number of aryl methyl sites for hydroxylation is 1. The molecule has 0 fully saturated rings. The summed E-state index contributed by atoms with van der Waals surface area (Å²) in [5.74, 6) is 0.981. The Labute approximate surface area is 153 Å². The van der Waals surface area contributed by atoms with Gasteiger partial charge in [0.25, 0.3) is 0 Å². The number of rotatable bonds is 7. The minimum atomic E-state index is -0.966. The third-order valence-electron chi connectivity index (χ3n) is 3.61. The van der Waals surface area contributed by atoms with E-state index < -0.39 is 11.6 Å². The molecule has 0 aliphatic rings. The monoisotopic (exact) mass is 359 g/mol. The van der Waals surface area contributed by atoms with Crippen molar-refractivity contribution in [2.75, 3.05) is 6.61 Å². The van der Waals surface area contributed by atoms with Crippen molar-refractivity contribution >= 4 is 6.09 Å². The molecular weight excluding hydrogens is 334 g/mol. The van der Waals surface area contributed by atoms with Gasteiger partial charge < -0.3 is 20.9 Å². The average molecular weight is 359 g/mol. The molecule has 2 aromatic heterocycles. The SMILES string of the molecule is Cc1cc(OCC(C)(N)CC(C)C)ncc1-c1ccnc(OC(N)=O)n1. The number of carbonyl (C=O) groups is 1. The van der Waals surface area contributed by atoms with Crippen molar-refractivity contribution in [3.63, 3.8) is 0 Å². The molecule has 0 aromatic carbocycles. The van der Waals surface area contributed by atoms with Crippen LogP contribution in [0.4, 0.5) is 4.79 Å². The van der Waals surface area contributed by atoms with Crippen LogP contribution >= 0.6 is 0 Å². The van der Waals surface area contributed by atoms with Crippen LogP contribution in [0.3, 0.4) is 0 Å². The molecule has 2 aromatic rings. The van der Waals surface area contributed by atoms with Gasteiger partial charge in [0.2, 0.25) is 5.88 Å². The fourth-order valence-corrected chi connectivity index (χ4v) is 2.74. The summed E-state index contributed by atoms with van der Waals surface area (Å²) in [4.78, 5) is 23.1. The molecule has 0 aliphatic carbocycles. The van der Waals surface area contributed by atoms with E-state index in [0.29, 0.717) is 24.1 Å². The Morgan fingerprint density at radius 1 is 1.35 bits per heavy atom. The number of ether oxygens (including phenoxy) is 2. The van der Waals surface area contributed by atoms with Crippen molar-refractivity contribution in [2.45, 2.75) is 39.7 Å². The number of hydrogen-bond acceptors (Lipinski definition) is 7. The Hall–Kier alpha value is -2.74. The van der Waals surface area contributed by atoms with Crippen LogP contribution in [0.2, 0.25) is 0 Å². The number of amides is 1. The zero-order chi connectivity index (χ0) is 19.3. The number of pyridine rings is 1.